The lowest BCUT2D eigenvalue weighted by Gasteiger charge is -2.28. The number of pyridine rings is 1. The number of hydrogen-bond donors (Lipinski definition) is 2. The van der Waals surface area contributed by atoms with Gasteiger partial charge in [0.05, 0.1) is 6.54 Å². The molecular weight excluding hydrogens is 350 g/mol. The third-order valence-corrected chi connectivity index (χ3v) is 5.43. The third-order valence-electron chi connectivity index (χ3n) is 5.43. The number of H-pyrrole nitrogens is 1. The van der Waals surface area contributed by atoms with Gasteiger partial charge in [0.1, 0.15) is 0 Å². The number of carbonyl (C=O) groups excluding carboxylic acids is 1. The molecule has 1 aromatic heterocycles. The minimum Gasteiger partial charge on any atom is -0.358 e. The topological polar surface area (TPSA) is 65.2 Å². The van der Waals surface area contributed by atoms with Gasteiger partial charge in [-0.25, -0.2) is 0 Å². The van der Waals surface area contributed by atoms with E-state index in [-0.39, 0.29) is 17.9 Å². The van der Waals surface area contributed by atoms with Gasteiger partial charge in [-0.05, 0) is 44.5 Å². The van der Waals surface area contributed by atoms with Crippen LogP contribution in [0.4, 0.5) is 5.69 Å². The minimum absolute atomic E-state index is 0.0523. The second-order valence-electron chi connectivity index (χ2n) is 7.79. The van der Waals surface area contributed by atoms with Gasteiger partial charge in [-0.15, -0.1) is 0 Å². The summed E-state index contributed by atoms with van der Waals surface area (Å²) in [6.45, 7) is 7.54. The molecule has 28 heavy (non-hydrogen) atoms. The molecule has 4 rings (SSSR count). The first-order valence-corrected chi connectivity index (χ1v) is 9.64. The van der Waals surface area contributed by atoms with Gasteiger partial charge in [0.25, 0.3) is 0 Å². The Balaban J connectivity index is 1.52. The lowest BCUT2D eigenvalue weighted by Crippen LogP contribution is -2.39. The molecule has 2 aromatic carbocycles. The molecule has 5 nitrogen and oxygen atoms in total. The van der Waals surface area contributed by atoms with Crippen molar-refractivity contribution < 1.29 is 4.79 Å². The summed E-state index contributed by atoms with van der Waals surface area (Å²) >= 11 is 0. The Labute approximate surface area is 164 Å². The van der Waals surface area contributed by atoms with Gasteiger partial charge in [-0.1, -0.05) is 29.3 Å². The lowest BCUT2D eigenvalue weighted by atomic mass is 10.0. The molecule has 2 heterocycles. The minimum atomic E-state index is -0.0523. The molecule has 0 saturated heterocycles. The van der Waals surface area contributed by atoms with E-state index in [1.165, 1.54) is 5.56 Å². The van der Waals surface area contributed by atoms with Crippen LogP contribution in [0.3, 0.4) is 0 Å². The zero-order chi connectivity index (χ0) is 19.8. The summed E-state index contributed by atoms with van der Waals surface area (Å²) in [5, 5.41) is 3.72. The number of rotatable bonds is 3. The summed E-state index contributed by atoms with van der Waals surface area (Å²) in [6.07, 6.45) is 0.741. The molecule has 1 aliphatic rings. The second-order valence-corrected chi connectivity index (χ2v) is 7.79. The van der Waals surface area contributed by atoms with Gasteiger partial charge in [0.2, 0.25) is 5.91 Å². The first kappa shape index (κ1) is 18.4. The third kappa shape index (κ3) is 3.58. The monoisotopic (exact) mass is 375 g/mol. The van der Waals surface area contributed by atoms with Crippen LogP contribution in [0, 0.1) is 20.8 Å². The fraction of sp³-hybridized carbons (Fsp3) is 0.304. The standard InChI is InChI=1S/C23H25N3O2/c1-14-4-6-19(16(3)10-14)25-22(27)13-26-9-8-21-18(12-26)23(28)17-11-15(2)5-7-20(17)24-21/h4-7,10-11H,8-9,12-13H2,1-3H3,(H,24,28)(H,25,27). The highest BCUT2D eigenvalue weighted by Gasteiger charge is 2.22. The molecule has 0 spiro atoms. The fourth-order valence-electron chi connectivity index (χ4n) is 3.93. The van der Waals surface area contributed by atoms with Gasteiger partial charge in [-0.2, -0.15) is 0 Å². The van der Waals surface area contributed by atoms with E-state index in [0.717, 1.165) is 51.9 Å². The average molecular weight is 375 g/mol. The SMILES string of the molecule is Cc1ccc(NC(=O)CN2CCc3[nH]c4ccc(C)cc4c(=O)c3C2)c(C)c1. The van der Waals surface area contributed by atoms with Crippen LogP contribution in [0.15, 0.2) is 41.2 Å². The number of anilines is 1. The zero-order valence-corrected chi connectivity index (χ0v) is 16.6. The Hall–Kier alpha value is -2.92. The van der Waals surface area contributed by atoms with Crippen LogP contribution in [-0.4, -0.2) is 28.9 Å². The van der Waals surface area contributed by atoms with Gasteiger partial charge in [0, 0.05) is 47.4 Å². The lowest BCUT2D eigenvalue weighted by molar-refractivity contribution is -0.117. The Bertz CT molecular complexity index is 1130. The Morgan fingerprint density at radius 1 is 1.11 bits per heavy atom. The van der Waals surface area contributed by atoms with Gasteiger partial charge in [-0.3, -0.25) is 14.5 Å². The zero-order valence-electron chi connectivity index (χ0n) is 16.6. The first-order valence-electron chi connectivity index (χ1n) is 9.64. The van der Waals surface area contributed by atoms with E-state index >= 15 is 0 Å². The molecular formula is C23H25N3O2. The van der Waals surface area contributed by atoms with Crippen LogP contribution in [0.2, 0.25) is 0 Å². The maximum absolute atomic E-state index is 13.0. The van der Waals surface area contributed by atoms with E-state index in [1.54, 1.807) is 0 Å². The van der Waals surface area contributed by atoms with E-state index in [1.807, 2.05) is 56.0 Å². The van der Waals surface area contributed by atoms with Crippen LogP contribution in [0.25, 0.3) is 10.9 Å². The first-order chi connectivity index (χ1) is 13.4. The van der Waals surface area contributed by atoms with Crippen molar-refractivity contribution in [3.8, 4) is 0 Å². The van der Waals surface area contributed by atoms with Crippen molar-refractivity contribution in [1.82, 2.24) is 9.88 Å². The number of aromatic amines is 1. The van der Waals surface area contributed by atoms with Crippen molar-refractivity contribution in [2.75, 3.05) is 18.4 Å². The number of fused-ring (bicyclic) bond motifs is 2. The molecule has 0 bridgehead atoms. The van der Waals surface area contributed by atoms with Crippen molar-refractivity contribution >= 4 is 22.5 Å². The number of aryl methyl sites for hydroxylation is 3. The predicted octanol–water partition coefficient (Wildman–Crippen LogP) is 3.45. The summed E-state index contributed by atoms with van der Waals surface area (Å²) in [6, 6.07) is 11.9. The van der Waals surface area contributed by atoms with E-state index in [9.17, 15) is 9.59 Å². The highest BCUT2D eigenvalue weighted by molar-refractivity contribution is 5.93. The number of carbonyl (C=O) groups is 1. The molecule has 0 unspecified atom stereocenters. The molecule has 0 saturated carbocycles. The molecule has 0 aliphatic carbocycles. The molecule has 3 aromatic rings. The second kappa shape index (κ2) is 7.24. The van der Waals surface area contributed by atoms with Gasteiger partial charge >= 0.3 is 0 Å². The molecule has 0 atom stereocenters. The van der Waals surface area contributed by atoms with Crippen molar-refractivity contribution in [3.05, 3.63) is 74.6 Å². The number of nitrogens with one attached hydrogen (secondary N) is 2. The van der Waals surface area contributed by atoms with Crippen LogP contribution in [0.1, 0.15) is 27.9 Å². The highest BCUT2D eigenvalue weighted by atomic mass is 16.2. The molecule has 144 valence electrons. The van der Waals surface area contributed by atoms with Crippen molar-refractivity contribution in [3.63, 3.8) is 0 Å². The number of nitrogens with zero attached hydrogens (tertiary/aromatic N) is 1. The van der Waals surface area contributed by atoms with E-state index in [0.29, 0.717) is 6.54 Å². The molecule has 0 radical (unpaired) electrons. The maximum atomic E-state index is 13.0. The average Bonchev–Trinajstić information content (AvgIpc) is 2.65. The summed E-state index contributed by atoms with van der Waals surface area (Å²) in [5.41, 5.74) is 6.87. The predicted molar refractivity (Wildman–Crippen MR) is 113 cm³/mol. The summed E-state index contributed by atoms with van der Waals surface area (Å²) in [5.74, 6) is -0.0523. The van der Waals surface area contributed by atoms with E-state index in [2.05, 4.69) is 16.4 Å². The van der Waals surface area contributed by atoms with Crippen LogP contribution in [0.5, 0.6) is 0 Å². The maximum Gasteiger partial charge on any atom is 0.238 e. The smallest absolute Gasteiger partial charge is 0.238 e. The van der Waals surface area contributed by atoms with E-state index < -0.39 is 0 Å². The molecule has 0 fully saturated rings. The van der Waals surface area contributed by atoms with Crippen LogP contribution in [-0.2, 0) is 17.8 Å². The largest absolute Gasteiger partial charge is 0.358 e. The summed E-state index contributed by atoms with van der Waals surface area (Å²) in [7, 11) is 0. The van der Waals surface area contributed by atoms with Crippen molar-refractivity contribution in [1.29, 1.82) is 0 Å². The fourth-order valence-corrected chi connectivity index (χ4v) is 3.93. The highest BCUT2D eigenvalue weighted by Crippen LogP contribution is 2.20. The van der Waals surface area contributed by atoms with Gasteiger partial charge < -0.3 is 10.3 Å². The molecule has 1 amide bonds. The summed E-state index contributed by atoms with van der Waals surface area (Å²) < 4.78 is 0. The number of aromatic nitrogens is 1. The Morgan fingerprint density at radius 2 is 1.86 bits per heavy atom. The quantitative estimate of drug-likeness (QED) is 0.737. The van der Waals surface area contributed by atoms with Crippen molar-refractivity contribution in [2.24, 2.45) is 0 Å². The molecule has 5 heteroatoms. The molecule has 1 aliphatic heterocycles. The van der Waals surface area contributed by atoms with Crippen molar-refractivity contribution in [2.45, 2.75) is 33.7 Å². The molecule has 2 N–H and O–H groups in total. The van der Waals surface area contributed by atoms with Crippen LogP contribution >= 0.6 is 0 Å². The normalized spacial score (nSPS) is 14.1. The Kier molecular flexibility index (Phi) is 4.77. The number of amides is 1. The van der Waals surface area contributed by atoms with Gasteiger partial charge in [0.15, 0.2) is 5.43 Å². The summed E-state index contributed by atoms with van der Waals surface area (Å²) in [4.78, 5) is 31.0. The van der Waals surface area contributed by atoms with Crippen LogP contribution < -0.4 is 10.7 Å². The Morgan fingerprint density at radius 3 is 2.64 bits per heavy atom. The number of benzene rings is 2. The number of hydrogen-bond acceptors (Lipinski definition) is 3. The van der Waals surface area contributed by atoms with E-state index in [4.69, 9.17) is 0 Å².